The van der Waals surface area contributed by atoms with Crippen molar-refractivity contribution in [1.82, 2.24) is 24.1 Å². The molecule has 7 heteroatoms. The molecule has 12 rings (SSSR count). The van der Waals surface area contributed by atoms with Gasteiger partial charge in [0.05, 0.1) is 22.1 Å². The number of nitrogens with zero attached hydrogens (tertiary/aromatic N) is 5. The van der Waals surface area contributed by atoms with Crippen LogP contribution in [0.2, 0.25) is 0 Å². The molecule has 274 valence electrons. The lowest BCUT2D eigenvalue weighted by molar-refractivity contribution is 0.360. The second-order valence-corrected chi connectivity index (χ2v) is 14.8. The van der Waals surface area contributed by atoms with Gasteiger partial charge in [-0.25, -0.2) is 4.98 Å². The van der Waals surface area contributed by atoms with Crippen LogP contribution in [0.15, 0.2) is 176 Å². The van der Waals surface area contributed by atoms with Gasteiger partial charge in [-0.05, 0) is 78.6 Å². The summed E-state index contributed by atoms with van der Waals surface area (Å²) in [6.07, 6.45) is 8.72. The molecule has 0 spiro atoms. The van der Waals surface area contributed by atoms with E-state index in [4.69, 9.17) is 24.4 Å². The predicted octanol–water partition coefficient (Wildman–Crippen LogP) is 13.2. The van der Waals surface area contributed by atoms with Crippen LogP contribution in [0.5, 0.6) is 23.0 Å². The molecule has 0 radical (unpaired) electrons. The van der Waals surface area contributed by atoms with Gasteiger partial charge in [-0.15, -0.1) is 0 Å². The third-order valence-electron chi connectivity index (χ3n) is 11.3. The summed E-state index contributed by atoms with van der Waals surface area (Å²) < 4.78 is 17.5. The van der Waals surface area contributed by atoms with Crippen LogP contribution in [0.1, 0.15) is 12.8 Å². The molecule has 0 saturated carbocycles. The van der Waals surface area contributed by atoms with Crippen LogP contribution in [0.4, 0.5) is 0 Å². The fourth-order valence-corrected chi connectivity index (χ4v) is 8.57. The SMILES string of the molecule is C1=CCCC(n2c3ccccc3c3cc(-c4ccc5c(c4)c4cc6c(cc4n5-c4nc(-c5ccccc5)nc(-c5ccccc5)n4)Oc4ccccc4O6)ccc32)=C1. The first-order valence-electron chi connectivity index (χ1n) is 19.6. The van der Waals surface area contributed by atoms with Crippen LogP contribution in [-0.2, 0) is 0 Å². The van der Waals surface area contributed by atoms with Crippen LogP contribution in [0, 0.1) is 0 Å². The number of fused-ring (bicyclic) bond motifs is 8. The third-order valence-corrected chi connectivity index (χ3v) is 11.3. The molecule has 7 nitrogen and oxygen atoms in total. The fraction of sp³-hybridized carbons (Fsp3) is 0.0392. The summed E-state index contributed by atoms with van der Waals surface area (Å²) in [5.41, 5.74) is 9.67. The lowest BCUT2D eigenvalue weighted by atomic mass is 10.0. The van der Waals surface area contributed by atoms with E-state index in [1.54, 1.807) is 0 Å². The van der Waals surface area contributed by atoms with Crippen molar-refractivity contribution in [2.45, 2.75) is 12.8 Å². The maximum absolute atomic E-state index is 6.47. The van der Waals surface area contributed by atoms with E-state index >= 15 is 0 Å². The van der Waals surface area contributed by atoms with Gasteiger partial charge in [0.25, 0.3) is 0 Å². The highest BCUT2D eigenvalue weighted by atomic mass is 16.6. The van der Waals surface area contributed by atoms with Gasteiger partial charge in [-0.3, -0.25) is 4.57 Å². The Labute approximate surface area is 333 Å². The standard InChI is InChI=1S/C51H33N5O2/c1-4-14-32(15-5-1)49-52-50(33-16-6-2-7-17-33)54-51(53-49)56-43-27-25-35(29-39(43)40-30-47-48(31-44(40)56)58-46-23-13-12-22-45(46)57-47)34-24-26-42-38(28-34)37-20-10-11-21-41(37)55(42)36-18-8-3-9-19-36/h1-8,10-18,20-31H,9,19H2. The molecule has 3 aromatic heterocycles. The minimum atomic E-state index is 0.513. The van der Waals surface area contributed by atoms with E-state index < -0.39 is 0 Å². The monoisotopic (exact) mass is 747 g/mol. The number of allylic oxidation sites excluding steroid dienone is 4. The molecule has 2 aliphatic rings. The number of hydrogen-bond acceptors (Lipinski definition) is 5. The molecule has 1 aliphatic heterocycles. The van der Waals surface area contributed by atoms with Crippen molar-refractivity contribution in [3.63, 3.8) is 0 Å². The summed E-state index contributed by atoms with van der Waals surface area (Å²) in [5, 5.41) is 4.52. The van der Waals surface area contributed by atoms with Crippen molar-refractivity contribution in [2.24, 2.45) is 0 Å². The molecule has 4 heterocycles. The predicted molar refractivity (Wildman–Crippen MR) is 233 cm³/mol. The summed E-state index contributed by atoms with van der Waals surface area (Å²) >= 11 is 0. The van der Waals surface area contributed by atoms with Crippen molar-refractivity contribution >= 4 is 49.3 Å². The normalized spacial score (nSPS) is 13.3. The number of aromatic nitrogens is 5. The zero-order chi connectivity index (χ0) is 38.2. The molecule has 0 bridgehead atoms. The molecule has 0 saturated heterocycles. The number of ether oxygens (including phenoxy) is 2. The summed E-state index contributed by atoms with van der Waals surface area (Å²) in [6, 6.07) is 54.3. The van der Waals surface area contributed by atoms with Crippen LogP contribution in [0.25, 0.3) is 89.2 Å². The molecule has 1 aliphatic carbocycles. The van der Waals surface area contributed by atoms with Crippen LogP contribution >= 0.6 is 0 Å². The minimum absolute atomic E-state index is 0.513. The van der Waals surface area contributed by atoms with Gasteiger partial charge >= 0.3 is 0 Å². The van der Waals surface area contributed by atoms with Gasteiger partial charge in [0.1, 0.15) is 0 Å². The second-order valence-electron chi connectivity index (χ2n) is 14.8. The molecule has 0 atom stereocenters. The number of para-hydroxylation sites is 3. The molecular weight excluding hydrogens is 715 g/mol. The van der Waals surface area contributed by atoms with Gasteiger partial charge < -0.3 is 14.0 Å². The molecule has 0 fully saturated rings. The van der Waals surface area contributed by atoms with Crippen LogP contribution in [-0.4, -0.2) is 24.1 Å². The van der Waals surface area contributed by atoms with Crippen LogP contribution in [0.3, 0.4) is 0 Å². The zero-order valence-corrected chi connectivity index (χ0v) is 31.2. The first-order valence-corrected chi connectivity index (χ1v) is 19.6. The van der Waals surface area contributed by atoms with E-state index in [1.165, 1.54) is 27.5 Å². The van der Waals surface area contributed by atoms with E-state index in [9.17, 15) is 0 Å². The highest BCUT2D eigenvalue weighted by Crippen LogP contribution is 2.49. The van der Waals surface area contributed by atoms with E-state index in [0.29, 0.717) is 40.6 Å². The van der Waals surface area contributed by atoms with E-state index in [1.807, 2.05) is 91.0 Å². The van der Waals surface area contributed by atoms with Crippen molar-refractivity contribution in [1.29, 1.82) is 0 Å². The average Bonchev–Trinajstić information content (AvgIpc) is 3.79. The van der Waals surface area contributed by atoms with Crippen molar-refractivity contribution < 1.29 is 9.47 Å². The summed E-state index contributed by atoms with van der Waals surface area (Å²) in [6.45, 7) is 0. The Morgan fingerprint density at radius 3 is 1.62 bits per heavy atom. The second kappa shape index (κ2) is 12.9. The Morgan fingerprint density at radius 1 is 0.414 bits per heavy atom. The topological polar surface area (TPSA) is 67.0 Å². The number of benzene rings is 7. The van der Waals surface area contributed by atoms with Gasteiger partial charge in [0, 0.05) is 44.4 Å². The van der Waals surface area contributed by atoms with E-state index in [-0.39, 0.29) is 0 Å². The Morgan fingerprint density at radius 2 is 0.966 bits per heavy atom. The molecule has 0 unspecified atom stereocenters. The van der Waals surface area contributed by atoms with E-state index in [0.717, 1.165) is 56.9 Å². The minimum Gasteiger partial charge on any atom is -0.449 e. The smallest absolute Gasteiger partial charge is 0.238 e. The van der Waals surface area contributed by atoms with Gasteiger partial charge in [0.15, 0.2) is 34.6 Å². The van der Waals surface area contributed by atoms with Crippen molar-refractivity contribution in [3.8, 4) is 62.8 Å². The van der Waals surface area contributed by atoms with Crippen molar-refractivity contribution in [2.75, 3.05) is 0 Å². The molecule has 7 aromatic carbocycles. The molecule has 0 N–H and O–H groups in total. The first kappa shape index (κ1) is 32.5. The van der Waals surface area contributed by atoms with Gasteiger partial charge in [-0.2, -0.15) is 9.97 Å². The Kier molecular flexibility index (Phi) is 7.22. The molecule has 0 amide bonds. The molecule has 58 heavy (non-hydrogen) atoms. The zero-order valence-electron chi connectivity index (χ0n) is 31.2. The number of rotatable bonds is 5. The van der Waals surface area contributed by atoms with Crippen molar-refractivity contribution in [3.05, 3.63) is 176 Å². The average molecular weight is 748 g/mol. The maximum atomic E-state index is 6.47. The lowest BCUT2D eigenvalue weighted by Crippen LogP contribution is -2.06. The summed E-state index contributed by atoms with van der Waals surface area (Å²) in [5.74, 6) is 4.33. The van der Waals surface area contributed by atoms with Crippen LogP contribution < -0.4 is 9.47 Å². The summed E-state index contributed by atoms with van der Waals surface area (Å²) in [7, 11) is 0. The highest BCUT2D eigenvalue weighted by Gasteiger charge is 2.25. The molecule has 10 aromatic rings. The highest BCUT2D eigenvalue weighted by molar-refractivity contribution is 6.13. The number of hydrogen-bond donors (Lipinski definition) is 0. The molecular formula is C51H33N5O2. The Hall–Kier alpha value is -7.77. The van der Waals surface area contributed by atoms with Gasteiger partial charge in [0.2, 0.25) is 5.95 Å². The van der Waals surface area contributed by atoms with E-state index in [2.05, 4.69) is 94.1 Å². The Balaban J connectivity index is 1.09. The third kappa shape index (κ3) is 5.17. The summed E-state index contributed by atoms with van der Waals surface area (Å²) in [4.78, 5) is 15.3. The quantitative estimate of drug-likeness (QED) is 0.175. The Bertz CT molecular complexity index is 3280. The largest absolute Gasteiger partial charge is 0.449 e. The maximum Gasteiger partial charge on any atom is 0.238 e. The lowest BCUT2D eigenvalue weighted by Gasteiger charge is -2.20. The fourth-order valence-electron chi connectivity index (χ4n) is 8.57. The van der Waals surface area contributed by atoms with Gasteiger partial charge in [-0.1, -0.05) is 115 Å². The first-order chi connectivity index (χ1) is 28.7.